The summed E-state index contributed by atoms with van der Waals surface area (Å²) in [5, 5.41) is 3.76. The summed E-state index contributed by atoms with van der Waals surface area (Å²) in [6.07, 6.45) is 4.68. The average Bonchev–Trinajstić information content (AvgIpc) is 2.97. The third kappa shape index (κ3) is 4.70. The second-order valence-corrected chi connectivity index (χ2v) is 5.95. The quantitative estimate of drug-likeness (QED) is 0.679. The lowest BCUT2D eigenvalue weighted by Crippen LogP contribution is -2.35. The highest BCUT2D eigenvalue weighted by atomic mass is 35.5. The van der Waals surface area contributed by atoms with Gasteiger partial charge in [-0.15, -0.1) is 0 Å². The van der Waals surface area contributed by atoms with Gasteiger partial charge >= 0.3 is 0 Å². The lowest BCUT2D eigenvalue weighted by Gasteiger charge is -2.18. The average molecular weight is 310 g/mol. The molecule has 21 heavy (non-hydrogen) atoms. The van der Waals surface area contributed by atoms with Crippen LogP contribution in [0.5, 0.6) is 0 Å². The number of nitrogens with one attached hydrogen (secondary N) is 3. The molecule has 1 fully saturated rings. The second-order valence-electron chi connectivity index (χ2n) is 5.51. The number of halogens is 1. The third-order valence-corrected chi connectivity index (χ3v) is 4.13. The summed E-state index contributed by atoms with van der Waals surface area (Å²) in [5.41, 5.74) is 7.34. The van der Waals surface area contributed by atoms with Crippen LogP contribution in [0.1, 0.15) is 44.2 Å². The molecule has 2 unspecified atom stereocenters. The minimum Gasteiger partial charge on any atom is -0.356 e. The van der Waals surface area contributed by atoms with Gasteiger partial charge in [-0.1, -0.05) is 49.9 Å². The summed E-state index contributed by atoms with van der Waals surface area (Å²) in [7, 11) is 0. The van der Waals surface area contributed by atoms with Gasteiger partial charge in [0.1, 0.15) is 0 Å². The van der Waals surface area contributed by atoms with E-state index < -0.39 is 0 Å². The fourth-order valence-electron chi connectivity index (χ4n) is 2.62. The van der Waals surface area contributed by atoms with Crippen molar-refractivity contribution in [3.63, 3.8) is 0 Å². The zero-order valence-electron chi connectivity index (χ0n) is 12.5. The molecular formula is C16H24ClN3O. The first-order valence-corrected chi connectivity index (χ1v) is 8.11. The Morgan fingerprint density at radius 2 is 2.05 bits per heavy atom. The molecule has 1 amide bonds. The summed E-state index contributed by atoms with van der Waals surface area (Å²) in [6.45, 7) is 3.60. The molecule has 2 atom stereocenters. The van der Waals surface area contributed by atoms with E-state index in [1.807, 2.05) is 24.3 Å². The molecule has 1 aromatic carbocycles. The van der Waals surface area contributed by atoms with Crippen LogP contribution >= 0.6 is 11.6 Å². The second kappa shape index (κ2) is 8.37. The highest BCUT2D eigenvalue weighted by Gasteiger charge is 2.33. The molecule has 0 radical (unpaired) electrons. The zero-order valence-corrected chi connectivity index (χ0v) is 13.2. The van der Waals surface area contributed by atoms with Gasteiger partial charge in [0.15, 0.2) is 0 Å². The van der Waals surface area contributed by atoms with Crippen molar-refractivity contribution in [2.45, 2.75) is 38.6 Å². The van der Waals surface area contributed by atoms with Crippen LogP contribution in [0.3, 0.4) is 0 Å². The molecule has 1 aliphatic rings. The minimum atomic E-state index is -0.0858. The van der Waals surface area contributed by atoms with Crippen molar-refractivity contribution in [2.75, 3.05) is 13.1 Å². The Bertz CT molecular complexity index is 449. The van der Waals surface area contributed by atoms with Gasteiger partial charge in [0, 0.05) is 18.1 Å². The molecule has 1 saturated heterocycles. The van der Waals surface area contributed by atoms with Crippen molar-refractivity contribution < 1.29 is 4.79 Å². The predicted molar refractivity (Wildman–Crippen MR) is 86.0 cm³/mol. The number of hydrazine groups is 1. The number of benzene rings is 1. The van der Waals surface area contributed by atoms with Gasteiger partial charge < -0.3 is 5.32 Å². The van der Waals surface area contributed by atoms with Gasteiger partial charge in [0.2, 0.25) is 5.91 Å². The van der Waals surface area contributed by atoms with Crippen LogP contribution in [-0.4, -0.2) is 19.0 Å². The van der Waals surface area contributed by atoms with Crippen molar-refractivity contribution >= 4 is 17.5 Å². The maximum Gasteiger partial charge on any atom is 0.226 e. The molecule has 1 heterocycles. The van der Waals surface area contributed by atoms with E-state index in [1.165, 1.54) is 19.3 Å². The number of hydrogen-bond donors (Lipinski definition) is 3. The topological polar surface area (TPSA) is 53.2 Å². The highest BCUT2D eigenvalue weighted by molar-refractivity contribution is 6.30. The molecule has 0 aromatic heterocycles. The van der Waals surface area contributed by atoms with Gasteiger partial charge in [-0.3, -0.25) is 10.2 Å². The van der Waals surface area contributed by atoms with Crippen LogP contribution in [0, 0.1) is 5.92 Å². The van der Waals surface area contributed by atoms with Crippen LogP contribution in [0.2, 0.25) is 5.02 Å². The van der Waals surface area contributed by atoms with Crippen molar-refractivity contribution in [2.24, 2.45) is 5.92 Å². The zero-order chi connectivity index (χ0) is 15.1. The molecule has 4 nitrogen and oxygen atoms in total. The number of hydrogen-bond acceptors (Lipinski definition) is 3. The number of amides is 1. The lowest BCUT2D eigenvalue weighted by atomic mass is 9.94. The lowest BCUT2D eigenvalue weighted by molar-refractivity contribution is -0.124. The van der Waals surface area contributed by atoms with E-state index in [4.69, 9.17) is 11.6 Å². The largest absolute Gasteiger partial charge is 0.356 e. The minimum absolute atomic E-state index is 0.00194. The Morgan fingerprint density at radius 3 is 2.76 bits per heavy atom. The Kier molecular flexibility index (Phi) is 6.49. The van der Waals surface area contributed by atoms with E-state index in [0.29, 0.717) is 11.6 Å². The van der Waals surface area contributed by atoms with Crippen molar-refractivity contribution in [1.82, 2.24) is 16.2 Å². The van der Waals surface area contributed by atoms with E-state index in [-0.39, 0.29) is 17.9 Å². The molecule has 2 rings (SSSR count). The van der Waals surface area contributed by atoms with Gasteiger partial charge in [0.25, 0.3) is 0 Å². The molecule has 0 saturated carbocycles. The van der Waals surface area contributed by atoms with Crippen LogP contribution in [0.25, 0.3) is 0 Å². The Labute approximate surface area is 131 Å². The monoisotopic (exact) mass is 309 g/mol. The van der Waals surface area contributed by atoms with Gasteiger partial charge in [-0.05, 0) is 24.1 Å². The number of carbonyl (C=O) groups excluding carboxylic acids is 1. The first kappa shape index (κ1) is 16.3. The third-order valence-electron chi connectivity index (χ3n) is 3.88. The molecule has 1 aromatic rings. The van der Waals surface area contributed by atoms with Crippen LogP contribution < -0.4 is 16.2 Å². The Morgan fingerprint density at radius 1 is 1.29 bits per heavy atom. The molecule has 5 heteroatoms. The predicted octanol–water partition coefficient (Wildman–Crippen LogP) is 2.80. The van der Waals surface area contributed by atoms with Crippen molar-refractivity contribution in [3.8, 4) is 0 Å². The SMILES string of the molecule is CCCCCCNC(=O)C1CNNC1c1ccc(Cl)cc1. The molecule has 116 valence electrons. The van der Waals surface area contributed by atoms with E-state index in [1.54, 1.807) is 0 Å². The number of rotatable bonds is 7. The molecule has 1 aliphatic heterocycles. The molecule has 0 bridgehead atoms. The Balaban J connectivity index is 1.86. The smallest absolute Gasteiger partial charge is 0.226 e. The van der Waals surface area contributed by atoms with Gasteiger partial charge in [0.05, 0.1) is 12.0 Å². The van der Waals surface area contributed by atoms with Crippen LogP contribution in [-0.2, 0) is 4.79 Å². The molecular weight excluding hydrogens is 286 g/mol. The summed E-state index contributed by atoms with van der Waals surface area (Å²) in [6, 6.07) is 7.65. The van der Waals surface area contributed by atoms with E-state index in [9.17, 15) is 4.79 Å². The number of carbonyl (C=O) groups is 1. The van der Waals surface area contributed by atoms with Crippen molar-refractivity contribution in [1.29, 1.82) is 0 Å². The van der Waals surface area contributed by atoms with E-state index in [0.717, 1.165) is 18.5 Å². The standard InChI is InChI=1S/C16H24ClN3O/c1-2-3-4-5-10-18-16(21)14-11-19-20-15(14)12-6-8-13(17)9-7-12/h6-9,14-15,19-20H,2-5,10-11H2,1H3,(H,18,21). The molecule has 3 N–H and O–H groups in total. The van der Waals surface area contributed by atoms with E-state index in [2.05, 4.69) is 23.1 Å². The molecule has 0 aliphatic carbocycles. The summed E-state index contributed by atoms with van der Waals surface area (Å²) >= 11 is 5.91. The van der Waals surface area contributed by atoms with Crippen LogP contribution in [0.4, 0.5) is 0 Å². The van der Waals surface area contributed by atoms with E-state index >= 15 is 0 Å². The highest BCUT2D eigenvalue weighted by Crippen LogP contribution is 2.26. The fraction of sp³-hybridized carbons (Fsp3) is 0.562. The van der Waals surface area contributed by atoms with Gasteiger partial charge in [-0.2, -0.15) is 0 Å². The first-order valence-electron chi connectivity index (χ1n) is 7.74. The normalized spacial score (nSPS) is 21.4. The summed E-state index contributed by atoms with van der Waals surface area (Å²) in [5.74, 6) is 0.0290. The summed E-state index contributed by atoms with van der Waals surface area (Å²) < 4.78 is 0. The Hall–Kier alpha value is -1.10. The maximum absolute atomic E-state index is 12.3. The van der Waals surface area contributed by atoms with Crippen LogP contribution in [0.15, 0.2) is 24.3 Å². The number of unbranched alkanes of at least 4 members (excludes halogenated alkanes) is 3. The van der Waals surface area contributed by atoms with Gasteiger partial charge in [-0.25, -0.2) is 5.43 Å². The molecule has 0 spiro atoms. The maximum atomic E-state index is 12.3. The van der Waals surface area contributed by atoms with Crippen molar-refractivity contribution in [3.05, 3.63) is 34.9 Å². The summed E-state index contributed by atoms with van der Waals surface area (Å²) in [4.78, 5) is 12.3. The first-order chi connectivity index (χ1) is 10.2. The fourth-order valence-corrected chi connectivity index (χ4v) is 2.75.